The molecule has 1 amide bonds. The number of aromatic hydroxyl groups is 1. The first-order chi connectivity index (χ1) is 14.6. The lowest BCUT2D eigenvalue weighted by Gasteiger charge is -2.26. The summed E-state index contributed by atoms with van der Waals surface area (Å²) < 4.78 is 0. The van der Waals surface area contributed by atoms with Crippen molar-refractivity contribution in [3.63, 3.8) is 0 Å². The molecule has 3 rings (SSSR count). The summed E-state index contributed by atoms with van der Waals surface area (Å²) in [5, 5.41) is 21.4. The van der Waals surface area contributed by atoms with Crippen molar-refractivity contribution in [1.29, 1.82) is 0 Å². The molecule has 0 radical (unpaired) electrons. The number of aliphatic hydroxyl groups excluding tert-OH is 1. The Morgan fingerprint density at radius 1 is 1.10 bits per heavy atom. The van der Waals surface area contributed by atoms with Crippen molar-refractivity contribution in [3.8, 4) is 5.75 Å². The molecule has 5 nitrogen and oxygen atoms in total. The van der Waals surface area contributed by atoms with Crippen LogP contribution in [-0.2, 0) is 15.0 Å². The summed E-state index contributed by atoms with van der Waals surface area (Å²) in [4.78, 5) is 27.5. The number of rotatable bonds is 5. The van der Waals surface area contributed by atoms with Gasteiger partial charge in [0.1, 0.15) is 11.5 Å². The van der Waals surface area contributed by atoms with Crippen molar-refractivity contribution < 1.29 is 19.8 Å². The van der Waals surface area contributed by atoms with E-state index in [0.29, 0.717) is 17.7 Å². The van der Waals surface area contributed by atoms with Crippen molar-refractivity contribution in [1.82, 2.24) is 4.90 Å². The molecule has 2 aromatic carbocycles. The van der Waals surface area contributed by atoms with Crippen LogP contribution in [0.4, 0.5) is 0 Å². The van der Waals surface area contributed by atoms with Gasteiger partial charge >= 0.3 is 0 Å². The number of ketones is 1. The van der Waals surface area contributed by atoms with Crippen molar-refractivity contribution in [2.24, 2.45) is 0 Å². The fourth-order valence-corrected chi connectivity index (χ4v) is 3.97. The number of hydrogen-bond donors (Lipinski definition) is 2. The molecule has 1 saturated heterocycles. The van der Waals surface area contributed by atoms with Gasteiger partial charge in [-0.05, 0) is 53.6 Å². The number of benzene rings is 2. The van der Waals surface area contributed by atoms with E-state index < -0.39 is 17.7 Å². The maximum Gasteiger partial charge on any atom is 0.295 e. The Bertz CT molecular complexity index is 1050. The van der Waals surface area contributed by atoms with Crippen molar-refractivity contribution in [3.05, 3.63) is 70.3 Å². The molecule has 0 aliphatic carbocycles. The van der Waals surface area contributed by atoms with Gasteiger partial charge < -0.3 is 15.1 Å². The normalized spacial score (nSPS) is 18.6. The number of carbonyl (C=O) groups is 2. The number of nitrogens with zero attached hydrogens (tertiary/aromatic N) is 1. The largest absolute Gasteiger partial charge is 0.508 e. The van der Waals surface area contributed by atoms with E-state index in [0.717, 1.165) is 24.0 Å². The molecule has 1 aliphatic heterocycles. The number of unbranched alkanes of at least 4 members (excludes halogenated alkanes) is 1. The lowest BCUT2D eigenvalue weighted by atomic mass is 9.84. The third kappa shape index (κ3) is 4.36. The second-order valence-electron chi connectivity index (χ2n) is 9.22. The van der Waals surface area contributed by atoms with Crippen LogP contribution in [0.15, 0.2) is 48.0 Å². The predicted molar refractivity (Wildman–Crippen MR) is 122 cm³/mol. The Hall–Kier alpha value is -3.08. The summed E-state index contributed by atoms with van der Waals surface area (Å²) in [7, 11) is 0. The van der Waals surface area contributed by atoms with Crippen LogP contribution in [0.25, 0.3) is 5.76 Å². The fraction of sp³-hybridized carbons (Fsp3) is 0.385. The van der Waals surface area contributed by atoms with Gasteiger partial charge in [-0.15, -0.1) is 0 Å². The highest BCUT2D eigenvalue weighted by atomic mass is 16.3. The molecule has 0 spiro atoms. The van der Waals surface area contributed by atoms with E-state index in [9.17, 15) is 19.8 Å². The van der Waals surface area contributed by atoms with Crippen molar-refractivity contribution in [2.75, 3.05) is 6.54 Å². The van der Waals surface area contributed by atoms with Crippen molar-refractivity contribution >= 4 is 17.4 Å². The Balaban J connectivity index is 2.24. The molecule has 1 aliphatic rings. The van der Waals surface area contributed by atoms with Crippen LogP contribution in [0.3, 0.4) is 0 Å². The van der Waals surface area contributed by atoms with Gasteiger partial charge in [0.2, 0.25) is 0 Å². The fourth-order valence-electron chi connectivity index (χ4n) is 3.97. The number of amides is 1. The highest BCUT2D eigenvalue weighted by molar-refractivity contribution is 6.46. The van der Waals surface area contributed by atoms with Crippen molar-refractivity contribution in [2.45, 2.75) is 58.9 Å². The van der Waals surface area contributed by atoms with Gasteiger partial charge in [-0.2, -0.15) is 0 Å². The average Bonchev–Trinajstić information content (AvgIpc) is 2.96. The highest BCUT2D eigenvalue weighted by Crippen LogP contribution is 2.41. The number of aliphatic hydroxyl groups is 1. The number of hydrogen-bond acceptors (Lipinski definition) is 4. The first-order valence-electron chi connectivity index (χ1n) is 10.7. The van der Waals surface area contributed by atoms with Crippen LogP contribution in [0.2, 0.25) is 0 Å². The van der Waals surface area contributed by atoms with Crippen LogP contribution in [0.5, 0.6) is 5.75 Å². The van der Waals surface area contributed by atoms with Gasteiger partial charge in [0.05, 0.1) is 11.6 Å². The monoisotopic (exact) mass is 421 g/mol. The Morgan fingerprint density at radius 3 is 2.42 bits per heavy atom. The van der Waals surface area contributed by atoms with E-state index in [1.807, 2.05) is 32.0 Å². The lowest BCUT2D eigenvalue weighted by molar-refractivity contribution is -0.139. The van der Waals surface area contributed by atoms with Gasteiger partial charge in [0.15, 0.2) is 0 Å². The lowest BCUT2D eigenvalue weighted by Crippen LogP contribution is -2.30. The number of phenols is 1. The summed E-state index contributed by atoms with van der Waals surface area (Å²) in [5.74, 6) is -1.44. The molecule has 0 aromatic heterocycles. The zero-order chi connectivity index (χ0) is 22.9. The first kappa shape index (κ1) is 22.6. The van der Waals surface area contributed by atoms with Crippen LogP contribution in [0, 0.1) is 6.92 Å². The SMILES string of the molecule is CCCCN1C(=O)C(=O)/C(=C(/O)c2cc(C(C)(C)C)ccc2C)C1c1cccc(O)c1. The predicted octanol–water partition coefficient (Wildman–Crippen LogP) is 5.22. The molecule has 1 atom stereocenters. The third-order valence-electron chi connectivity index (χ3n) is 5.84. The molecule has 2 N–H and O–H groups in total. The summed E-state index contributed by atoms with van der Waals surface area (Å²) in [6, 6.07) is 11.6. The minimum atomic E-state index is -0.739. The zero-order valence-electron chi connectivity index (χ0n) is 18.9. The number of carbonyl (C=O) groups excluding carboxylic acids is 2. The quantitative estimate of drug-likeness (QED) is 0.394. The van der Waals surface area contributed by atoms with Gasteiger partial charge in [0, 0.05) is 12.1 Å². The smallest absolute Gasteiger partial charge is 0.295 e. The maximum absolute atomic E-state index is 13.1. The number of Topliss-reactive ketones (excluding diaryl/α,β-unsaturated/α-hetero) is 1. The van der Waals surface area contributed by atoms with Crippen LogP contribution < -0.4 is 0 Å². The number of aryl methyl sites for hydroxylation is 1. The summed E-state index contributed by atoms with van der Waals surface area (Å²) in [6.45, 7) is 10.5. The molecule has 31 heavy (non-hydrogen) atoms. The summed E-state index contributed by atoms with van der Waals surface area (Å²) in [6.07, 6.45) is 1.60. The van der Waals surface area contributed by atoms with Gasteiger partial charge in [0.25, 0.3) is 11.7 Å². The average molecular weight is 422 g/mol. The topological polar surface area (TPSA) is 77.8 Å². The number of likely N-dealkylation sites (tertiary alicyclic amines) is 1. The summed E-state index contributed by atoms with van der Waals surface area (Å²) in [5.41, 5.74) is 2.92. The molecule has 1 heterocycles. The molecule has 2 aromatic rings. The second kappa shape index (κ2) is 8.58. The standard InChI is InChI=1S/C26H31NO4/c1-6-7-13-27-22(17-9-8-10-19(28)14-17)21(24(30)25(27)31)23(29)20-15-18(26(3,4)5)12-11-16(20)2/h8-12,14-15,22,28-29H,6-7,13H2,1-5H3/b23-21+. The highest BCUT2D eigenvalue weighted by Gasteiger charge is 2.46. The van der Waals surface area contributed by atoms with E-state index in [1.165, 1.54) is 4.90 Å². The van der Waals surface area contributed by atoms with Crippen LogP contribution in [-0.4, -0.2) is 33.3 Å². The Labute approximate surface area is 184 Å². The van der Waals surface area contributed by atoms with E-state index in [4.69, 9.17) is 0 Å². The van der Waals surface area contributed by atoms with Gasteiger partial charge in [-0.3, -0.25) is 9.59 Å². The second-order valence-corrected chi connectivity index (χ2v) is 9.22. The molecule has 5 heteroatoms. The number of phenolic OH excluding ortho intramolecular Hbond substituents is 1. The van der Waals surface area contributed by atoms with Crippen LogP contribution in [0.1, 0.15) is 68.8 Å². The Morgan fingerprint density at radius 2 is 1.81 bits per heavy atom. The molecule has 0 saturated carbocycles. The molecule has 164 valence electrons. The molecular formula is C26H31NO4. The minimum Gasteiger partial charge on any atom is -0.508 e. The van der Waals surface area contributed by atoms with Crippen LogP contribution >= 0.6 is 0 Å². The molecule has 0 bridgehead atoms. The third-order valence-corrected chi connectivity index (χ3v) is 5.84. The molecule has 1 unspecified atom stereocenters. The molecule has 1 fully saturated rings. The zero-order valence-corrected chi connectivity index (χ0v) is 18.9. The first-order valence-corrected chi connectivity index (χ1v) is 10.7. The van der Waals surface area contributed by atoms with E-state index in [2.05, 4.69) is 20.8 Å². The van der Waals surface area contributed by atoms with Gasteiger partial charge in [-0.1, -0.05) is 58.4 Å². The maximum atomic E-state index is 13.1. The molecular weight excluding hydrogens is 390 g/mol. The summed E-state index contributed by atoms with van der Waals surface area (Å²) >= 11 is 0. The van der Waals surface area contributed by atoms with E-state index >= 15 is 0 Å². The van der Waals surface area contributed by atoms with Gasteiger partial charge in [-0.25, -0.2) is 0 Å². The van der Waals surface area contributed by atoms with E-state index in [-0.39, 0.29) is 22.5 Å². The van der Waals surface area contributed by atoms with E-state index in [1.54, 1.807) is 24.3 Å². The minimum absolute atomic E-state index is 0.0458. The Kier molecular flexibility index (Phi) is 6.25.